The molecule has 0 bridgehead atoms. The normalized spacial score (nSPS) is 19.4. The highest BCUT2D eigenvalue weighted by molar-refractivity contribution is 6.74. The zero-order valence-corrected chi connectivity index (χ0v) is 31.0. The summed E-state index contributed by atoms with van der Waals surface area (Å²) in [5.74, 6) is -4.20. The summed E-state index contributed by atoms with van der Waals surface area (Å²) in [4.78, 5) is 54.2. The molecule has 2 aromatic carbocycles. The van der Waals surface area contributed by atoms with Crippen molar-refractivity contribution in [2.24, 2.45) is 0 Å². The molecule has 2 heterocycles. The molecule has 0 saturated heterocycles. The van der Waals surface area contributed by atoms with Crippen molar-refractivity contribution in [1.82, 2.24) is 0 Å². The molecule has 50 heavy (non-hydrogen) atoms. The second-order valence-corrected chi connectivity index (χ2v) is 18.5. The SMILES string of the molecule is COC(=O)c1cc2c3c(c(O[Si](C)(C)C(C)(C)C)c(OC)c2c(=O)o1)CC[C@@]1(OC)Oc2c(OC)c4c(c(OC)c2[C@@H]31)C(=O)C=C(OC)C4=O. The van der Waals surface area contributed by atoms with E-state index in [1.54, 1.807) is 0 Å². The zero-order chi connectivity index (χ0) is 36.7. The molecule has 1 aromatic heterocycles. The van der Waals surface area contributed by atoms with E-state index in [4.69, 9.17) is 42.0 Å². The Balaban J connectivity index is 1.82. The van der Waals surface area contributed by atoms with Crippen LogP contribution in [0.1, 0.15) is 81.1 Å². The van der Waals surface area contributed by atoms with E-state index in [1.807, 2.05) is 0 Å². The topological polar surface area (TPSA) is 155 Å². The van der Waals surface area contributed by atoms with E-state index in [1.165, 1.54) is 48.7 Å². The van der Waals surface area contributed by atoms with E-state index in [0.717, 1.165) is 6.08 Å². The van der Waals surface area contributed by atoms with Gasteiger partial charge in [-0.2, -0.15) is 0 Å². The quantitative estimate of drug-likeness (QED) is 0.207. The predicted molar refractivity (Wildman–Crippen MR) is 182 cm³/mol. The summed E-state index contributed by atoms with van der Waals surface area (Å²) in [6.07, 6.45) is 1.67. The molecule has 0 amide bonds. The summed E-state index contributed by atoms with van der Waals surface area (Å²) in [5, 5.41) is 0.0712. The lowest BCUT2D eigenvalue weighted by Crippen LogP contribution is -2.46. The van der Waals surface area contributed by atoms with Gasteiger partial charge in [0.2, 0.25) is 17.3 Å². The number of fused-ring (bicyclic) bond motifs is 8. The van der Waals surface area contributed by atoms with E-state index in [9.17, 15) is 19.2 Å². The molecule has 2 aliphatic carbocycles. The largest absolute Gasteiger partial charge is 0.541 e. The van der Waals surface area contributed by atoms with Crippen molar-refractivity contribution in [3.8, 4) is 28.7 Å². The van der Waals surface area contributed by atoms with Gasteiger partial charge in [-0.3, -0.25) is 9.59 Å². The predicted octanol–water partition coefficient (Wildman–Crippen LogP) is 5.71. The highest BCUT2D eigenvalue weighted by Crippen LogP contribution is 2.64. The van der Waals surface area contributed by atoms with Gasteiger partial charge in [-0.05, 0) is 36.2 Å². The van der Waals surface area contributed by atoms with Crippen LogP contribution in [0.5, 0.6) is 28.7 Å². The highest BCUT2D eigenvalue weighted by atomic mass is 28.4. The van der Waals surface area contributed by atoms with Crippen molar-refractivity contribution in [2.75, 3.05) is 42.7 Å². The van der Waals surface area contributed by atoms with Gasteiger partial charge >= 0.3 is 11.6 Å². The number of Topliss-reactive ketones (excluding diaryl/α,β-unsaturated/α-hetero) is 1. The van der Waals surface area contributed by atoms with Crippen LogP contribution in [0, 0.1) is 0 Å². The molecule has 0 spiro atoms. The molecule has 13 nitrogen and oxygen atoms in total. The van der Waals surface area contributed by atoms with Crippen molar-refractivity contribution in [2.45, 2.75) is 63.5 Å². The first-order valence-corrected chi connectivity index (χ1v) is 18.9. The first kappa shape index (κ1) is 35.0. The number of esters is 1. The maximum Gasteiger partial charge on any atom is 0.374 e. The van der Waals surface area contributed by atoms with Crippen LogP contribution >= 0.6 is 0 Å². The maximum atomic E-state index is 13.9. The van der Waals surface area contributed by atoms with Crippen molar-refractivity contribution in [3.63, 3.8) is 0 Å². The van der Waals surface area contributed by atoms with Gasteiger partial charge in [-0.15, -0.1) is 0 Å². The molecule has 0 saturated carbocycles. The van der Waals surface area contributed by atoms with Crippen LogP contribution in [0.2, 0.25) is 18.1 Å². The third kappa shape index (κ3) is 4.75. The summed E-state index contributed by atoms with van der Waals surface area (Å²) < 4.78 is 53.3. The van der Waals surface area contributed by atoms with Crippen LogP contribution in [0.15, 0.2) is 27.1 Å². The Morgan fingerprint density at radius 2 is 1.54 bits per heavy atom. The molecule has 3 aliphatic rings. The minimum Gasteiger partial charge on any atom is -0.541 e. The van der Waals surface area contributed by atoms with Crippen LogP contribution < -0.4 is 29.0 Å². The summed E-state index contributed by atoms with van der Waals surface area (Å²) in [5.41, 5.74) is 0.553. The van der Waals surface area contributed by atoms with Gasteiger partial charge in [-0.25, -0.2) is 9.59 Å². The van der Waals surface area contributed by atoms with Gasteiger partial charge in [0.1, 0.15) is 11.1 Å². The smallest absolute Gasteiger partial charge is 0.374 e. The highest BCUT2D eigenvalue weighted by Gasteiger charge is 2.59. The minimum atomic E-state index is -2.60. The Labute approximate surface area is 289 Å². The number of allylic oxidation sites excluding steroid dienone is 2. The summed E-state index contributed by atoms with van der Waals surface area (Å²) in [6, 6.07) is 1.42. The first-order valence-electron chi connectivity index (χ1n) is 15.9. The maximum absolute atomic E-state index is 13.9. The molecule has 6 rings (SSSR count). The van der Waals surface area contributed by atoms with E-state index >= 15 is 0 Å². The summed E-state index contributed by atoms with van der Waals surface area (Å²) >= 11 is 0. The first-order chi connectivity index (χ1) is 23.6. The number of hydrogen-bond acceptors (Lipinski definition) is 13. The molecule has 3 aromatic rings. The average molecular weight is 709 g/mol. The Bertz CT molecular complexity index is 2080. The lowest BCUT2D eigenvalue weighted by atomic mass is 9.72. The van der Waals surface area contributed by atoms with E-state index in [-0.39, 0.29) is 62.5 Å². The fourth-order valence-corrected chi connectivity index (χ4v) is 8.01. The second-order valence-electron chi connectivity index (χ2n) is 13.8. The number of carbonyl (C=O) groups excluding carboxylic acids is 3. The number of carbonyl (C=O) groups is 3. The number of ketones is 2. The molecular formula is C36H40O13Si. The molecule has 266 valence electrons. The van der Waals surface area contributed by atoms with Crippen molar-refractivity contribution in [1.29, 1.82) is 0 Å². The molecule has 0 fully saturated rings. The third-order valence-corrected chi connectivity index (χ3v) is 14.7. The van der Waals surface area contributed by atoms with E-state index in [2.05, 4.69) is 33.9 Å². The molecule has 0 unspecified atom stereocenters. The second kappa shape index (κ2) is 11.9. The standard InChI is InChI=1S/C36H40O13Si/c1-35(2,3)50(10,11)49-28-16-12-13-36(46-9)26(21(16)17-14-20(33(39)45-8)47-34(40)22(17)30(28)43-6)25-29(42-5)23-18(37)15-19(41-4)27(38)24(23)31(44-7)32(25)48-36/h14-15,26H,12-13H2,1-11H3/t26-,36-/m1/s1. The fourth-order valence-electron chi connectivity index (χ4n) is 6.97. The van der Waals surface area contributed by atoms with Crippen molar-refractivity contribution < 1.29 is 56.4 Å². The van der Waals surface area contributed by atoms with Gasteiger partial charge < -0.3 is 42.0 Å². The summed E-state index contributed by atoms with van der Waals surface area (Å²) in [6.45, 7) is 10.4. The van der Waals surface area contributed by atoms with Gasteiger partial charge in [0.05, 0.1) is 58.2 Å². The summed E-state index contributed by atoms with van der Waals surface area (Å²) in [7, 11) is 5.54. The molecule has 0 N–H and O–H groups in total. The van der Waals surface area contributed by atoms with Crippen LogP contribution in [0.4, 0.5) is 0 Å². The molecular weight excluding hydrogens is 668 g/mol. The van der Waals surface area contributed by atoms with Gasteiger partial charge in [0.25, 0.3) is 8.32 Å². The monoisotopic (exact) mass is 708 g/mol. The molecule has 2 atom stereocenters. The third-order valence-electron chi connectivity index (χ3n) is 10.4. The van der Waals surface area contributed by atoms with Gasteiger partial charge in [0, 0.05) is 30.6 Å². The van der Waals surface area contributed by atoms with Crippen LogP contribution in [-0.2, 0) is 20.6 Å². The molecule has 0 radical (unpaired) electrons. The average Bonchev–Trinajstić information content (AvgIpc) is 3.43. The number of hydrogen-bond donors (Lipinski definition) is 0. The number of ether oxygens (including phenoxy) is 7. The Morgan fingerprint density at radius 3 is 2.10 bits per heavy atom. The Morgan fingerprint density at radius 1 is 0.880 bits per heavy atom. The van der Waals surface area contributed by atoms with Gasteiger partial charge in [0.15, 0.2) is 34.5 Å². The Hall–Kier alpha value is -4.82. The molecule has 14 heteroatoms. The van der Waals surface area contributed by atoms with E-state index in [0.29, 0.717) is 34.2 Å². The number of rotatable bonds is 8. The van der Waals surface area contributed by atoms with Crippen molar-refractivity contribution >= 4 is 36.6 Å². The molecule has 1 aliphatic heterocycles. The van der Waals surface area contributed by atoms with Crippen LogP contribution in [0.3, 0.4) is 0 Å². The lowest BCUT2D eigenvalue weighted by molar-refractivity contribution is -0.167. The fraction of sp³-hybridized carbons (Fsp3) is 0.444. The number of methoxy groups -OCH3 is 6. The zero-order valence-electron chi connectivity index (χ0n) is 30.0. The van der Waals surface area contributed by atoms with Crippen LogP contribution in [-0.4, -0.2) is 74.3 Å². The van der Waals surface area contributed by atoms with Crippen molar-refractivity contribution in [3.05, 3.63) is 61.9 Å². The van der Waals surface area contributed by atoms with E-state index < -0.39 is 43.2 Å². The van der Waals surface area contributed by atoms with Crippen LogP contribution in [0.25, 0.3) is 10.8 Å². The lowest BCUT2D eigenvalue weighted by Gasteiger charge is -2.42. The number of benzene rings is 2. The Kier molecular flexibility index (Phi) is 8.34. The van der Waals surface area contributed by atoms with Gasteiger partial charge in [-0.1, -0.05) is 20.8 Å². The minimum absolute atomic E-state index is 0.00509.